The quantitative estimate of drug-likeness (QED) is 0.849. The number of benzene rings is 1. The molecule has 1 aliphatic rings. The molecule has 0 saturated carbocycles. The molecule has 0 aliphatic carbocycles. The van der Waals surface area contributed by atoms with E-state index in [-0.39, 0.29) is 17.1 Å². The van der Waals surface area contributed by atoms with E-state index in [0.29, 0.717) is 11.1 Å². The van der Waals surface area contributed by atoms with Gasteiger partial charge in [-0.25, -0.2) is 0 Å². The standard InChI is InChI=1S/C19H28N2O2/c1-5-7-19(8-6-9-20-13-19)17(22)15-10-14(2)11-16(12-15)18(23)21(3)4/h10-12,20H,5-9,13H2,1-4H3. The predicted octanol–water partition coefficient (Wildman–Crippen LogP) is 3.05. The van der Waals surface area contributed by atoms with E-state index < -0.39 is 0 Å². The van der Waals surface area contributed by atoms with E-state index >= 15 is 0 Å². The van der Waals surface area contributed by atoms with Crippen LogP contribution in [-0.4, -0.2) is 43.8 Å². The normalized spacial score (nSPS) is 21.0. The number of piperidine rings is 1. The number of hydrogen-bond acceptors (Lipinski definition) is 3. The molecule has 23 heavy (non-hydrogen) atoms. The lowest BCUT2D eigenvalue weighted by atomic mass is 9.71. The lowest BCUT2D eigenvalue weighted by molar-refractivity contribution is 0.0718. The third kappa shape index (κ3) is 3.81. The van der Waals surface area contributed by atoms with Crippen LogP contribution in [0.15, 0.2) is 18.2 Å². The molecule has 0 spiro atoms. The fraction of sp³-hybridized carbons (Fsp3) is 0.579. The van der Waals surface area contributed by atoms with Crippen LogP contribution in [0.2, 0.25) is 0 Å². The molecule has 1 amide bonds. The Morgan fingerprint density at radius 3 is 2.48 bits per heavy atom. The van der Waals surface area contributed by atoms with Gasteiger partial charge in [0.2, 0.25) is 0 Å². The number of hydrogen-bond donors (Lipinski definition) is 1. The van der Waals surface area contributed by atoms with E-state index in [1.807, 2.05) is 19.1 Å². The average molecular weight is 316 g/mol. The highest BCUT2D eigenvalue weighted by atomic mass is 16.2. The van der Waals surface area contributed by atoms with Gasteiger partial charge in [0.1, 0.15) is 0 Å². The van der Waals surface area contributed by atoms with Crippen molar-refractivity contribution in [3.63, 3.8) is 0 Å². The van der Waals surface area contributed by atoms with Gasteiger partial charge in [0.25, 0.3) is 5.91 Å². The largest absolute Gasteiger partial charge is 0.345 e. The highest BCUT2D eigenvalue weighted by molar-refractivity contribution is 6.03. The van der Waals surface area contributed by atoms with Gasteiger partial charge in [0.15, 0.2) is 5.78 Å². The summed E-state index contributed by atoms with van der Waals surface area (Å²) in [6.45, 7) is 5.79. The van der Waals surface area contributed by atoms with Crippen LogP contribution < -0.4 is 5.32 Å². The topological polar surface area (TPSA) is 49.4 Å². The Morgan fingerprint density at radius 1 is 1.22 bits per heavy atom. The lowest BCUT2D eigenvalue weighted by Crippen LogP contribution is -2.45. The van der Waals surface area contributed by atoms with Gasteiger partial charge in [-0.2, -0.15) is 0 Å². The SMILES string of the molecule is CCCC1(C(=O)c2cc(C)cc(C(=O)N(C)C)c2)CCCNC1. The number of nitrogens with zero attached hydrogens (tertiary/aromatic N) is 1. The van der Waals surface area contributed by atoms with Gasteiger partial charge in [0, 0.05) is 37.2 Å². The van der Waals surface area contributed by atoms with E-state index in [2.05, 4.69) is 12.2 Å². The molecule has 1 saturated heterocycles. The minimum absolute atomic E-state index is 0.0611. The van der Waals surface area contributed by atoms with Crippen molar-refractivity contribution in [3.8, 4) is 0 Å². The van der Waals surface area contributed by atoms with Crippen LogP contribution in [0.1, 0.15) is 58.9 Å². The van der Waals surface area contributed by atoms with Crippen molar-refractivity contribution in [2.45, 2.75) is 39.5 Å². The number of ketones is 1. The molecule has 0 radical (unpaired) electrons. The van der Waals surface area contributed by atoms with Crippen LogP contribution in [-0.2, 0) is 0 Å². The van der Waals surface area contributed by atoms with E-state index in [4.69, 9.17) is 0 Å². The average Bonchev–Trinajstić information content (AvgIpc) is 2.53. The van der Waals surface area contributed by atoms with E-state index in [9.17, 15) is 9.59 Å². The van der Waals surface area contributed by atoms with Crippen molar-refractivity contribution in [3.05, 3.63) is 34.9 Å². The van der Waals surface area contributed by atoms with Crippen LogP contribution in [0.4, 0.5) is 0 Å². The molecule has 1 fully saturated rings. The van der Waals surface area contributed by atoms with Crippen LogP contribution in [0.25, 0.3) is 0 Å². The Hall–Kier alpha value is -1.68. The Kier molecular flexibility index (Phi) is 5.58. The molecule has 1 atom stereocenters. The number of rotatable bonds is 5. The molecule has 4 heteroatoms. The second kappa shape index (κ2) is 7.26. The summed E-state index contributed by atoms with van der Waals surface area (Å²) >= 11 is 0. The number of aryl methyl sites for hydroxylation is 1. The van der Waals surface area contributed by atoms with Crippen LogP contribution in [0.3, 0.4) is 0 Å². The number of nitrogens with one attached hydrogen (secondary N) is 1. The molecule has 126 valence electrons. The van der Waals surface area contributed by atoms with Crippen LogP contribution >= 0.6 is 0 Å². The van der Waals surface area contributed by atoms with Gasteiger partial charge in [0.05, 0.1) is 0 Å². The third-order valence-electron chi connectivity index (χ3n) is 4.68. The zero-order valence-electron chi connectivity index (χ0n) is 14.7. The van der Waals surface area contributed by atoms with E-state index in [1.165, 1.54) is 0 Å². The number of Topliss-reactive ketones (excluding diaryl/α,β-unsaturated/α-hetero) is 1. The second-order valence-corrected chi connectivity index (χ2v) is 6.93. The molecule has 1 N–H and O–H groups in total. The monoisotopic (exact) mass is 316 g/mol. The second-order valence-electron chi connectivity index (χ2n) is 6.93. The Bertz CT molecular complexity index is 582. The van der Waals surface area contributed by atoms with Gasteiger partial charge in [-0.3, -0.25) is 9.59 Å². The summed E-state index contributed by atoms with van der Waals surface area (Å²) in [5, 5.41) is 3.39. The van der Waals surface area contributed by atoms with Gasteiger partial charge in [-0.15, -0.1) is 0 Å². The van der Waals surface area contributed by atoms with Crippen molar-refractivity contribution in [2.24, 2.45) is 5.41 Å². The summed E-state index contributed by atoms with van der Waals surface area (Å²) in [6.07, 6.45) is 3.84. The van der Waals surface area contributed by atoms with E-state index in [0.717, 1.165) is 44.3 Å². The van der Waals surface area contributed by atoms with Crippen LogP contribution in [0, 0.1) is 12.3 Å². The van der Waals surface area contributed by atoms with Crippen molar-refractivity contribution in [1.29, 1.82) is 0 Å². The summed E-state index contributed by atoms with van der Waals surface area (Å²) in [7, 11) is 3.46. The molecule has 1 heterocycles. The molecule has 1 aliphatic heterocycles. The highest BCUT2D eigenvalue weighted by Gasteiger charge is 2.39. The molecular weight excluding hydrogens is 288 g/mol. The molecule has 0 bridgehead atoms. The molecular formula is C19H28N2O2. The van der Waals surface area contributed by atoms with Crippen molar-refractivity contribution in [2.75, 3.05) is 27.2 Å². The first-order chi connectivity index (χ1) is 10.9. The van der Waals surface area contributed by atoms with Gasteiger partial charge >= 0.3 is 0 Å². The fourth-order valence-electron chi connectivity index (χ4n) is 3.57. The highest BCUT2D eigenvalue weighted by Crippen LogP contribution is 2.35. The number of carbonyl (C=O) groups excluding carboxylic acids is 2. The molecule has 0 aromatic heterocycles. The maximum Gasteiger partial charge on any atom is 0.253 e. The fourth-order valence-corrected chi connectivity index (χ4v) is 3.57. The number of amides is 1. The molecule has 4 nitrogen and oxygen atoms in total. The number of carbonyl (C=O) groups is 2. The Labute approximate surface area is 139 Å². The molecule has 2 rings (SSSR count). The molecule has 1 unspecified atom stereocenters. The van der Waals surface area contributed by atoms with E-state index in [1.54, 1.807) is 25.1 Å². The molecule has 1 aromatic carbocycles. The summed E-state index contributed by atoms with van der Waals surface area (Å²) in [6, 6.07) is 5.54. The third-order valence-corrected chi connectivity index (χ3v) is 4.68. The first-order valence-corrected chi connectivity index (χ1v) is 8.48. The minimum Gasteiger partial charge on any atom is -0.345 e. The molecule has 1 aromatic rings. The Balaban J connectivity index is 2.39. The van der Waals surface area contributed by atoms with Crippen molar-refractivity contribution in [1.82, 2.24) is 10.2 Å². The minimum atomic E-state index is -0.320. The van der Waals surface area contributed by atoms with Gasteiger partial charge in [-0.1, -0.05) is 13.3 Å². The van der Waals surface area contributed by atoms with Crippen molar-refractivity contribution < 1.29 is 9.59 Å². The van der Waals surface area contributed by atoms with Crippen LogP contribution in [0.5, 0.6) is 0 Å². The summed E-state index contributed by atoms with van der Waals surface area (Å²) in [5.74, 6) is 0.122. The zero-order chi connectivity index (χ0) is 17.0. The summed E-state index contributed by atoms with van der Waals surface area (Å²) in [5.41, 5.74) is 1.90. The first-order valence-electron chi connectivity index (χ1n) is 8.48. The maximum atomic E-state index is 13.2. The van der Waals surface area contributed by atoms with Gasteiger partial charge in [-0.05, 0) is 56.5 Å². The lowest BCUT2D eigenvalue weighted by Gasteiger charge is -2.36. The summed E-state index contributed by atoms with van der Waals surface area (Å²) in [4.78, 5) is 27.0. The van der Waals surface area contributed by atoms with Gasteiger partial charge < -0.3 is 10.2 Å². The maximum absolute atomic E-state index is 13.2. The Morgan fingerprint density at radius 2 is 1.91 bits per heavy atom. The predicted molar refractivity (Wildman–Crippen MR) is 93.0 cm³/mol. The summed E-state index contributed by atoms with van der Waals surface area (Å²) < 4.78 is 0. The van der Waals surface area contributed by atoms with Crippen molar-refractivity contribution >= 4 is 11.7 Å². The first kappa shape index (κ1) is 17.7. The smallest absolute Gasteiger partial charge is 0.253 e. The zero-order valence-corrected chi connectivity index (χ0v) is 14.7.